The summed E-state index contributed by atoms with van der Waals surface area (Å²) in [5, 5.41) is 4.24. The topological polar surface area (TPSA) is 69.0 Å². The Morgan fingerprint density at radius 2 is 1.88 bits per heavy atom. The summed E-state index contributed by atoms with van der Waals surface area (Å²) >= 11 is 0. The Hall–Kier alpha value is -2.96. The molecule has 7 nitrogen and oxygen atoms in total. The zero-order valence-corrected chi connectivity index (χ0v) is 13.9. The lowest BCUT2D eigenvalue weighted by Gasteiger charge is -2.32. The molecular weight excluding hydrogens is 316 g/mol. The van der Waals surface area contributed by atoms with E-state index >= 15 is 0 Å². The molecule has 0 aliphatic carbocycles. The van der Waals surface area contributed by atoms with Crippen molar-refractivity contribution in [3.05, 3.63) is 60.9 Å². The average molecular weight is 336 g/mol. The second-order valence-corrected chi connectivity index (χ2v) is 6.08. The number of aromatic nitrogens is 5. The molecule has 0 amide bonds. The normalized spacial score (nSPS) is 15.3. The molecule has 1 fully saturated rings. The van der Waals surface area contributed by atoms with Gasteiger partial charge in [-0.1, -0.05) is 30.3 Å². The van der Waals surface area contributed by atoms with Gasteiger partial charge in [0.25, 0.3) is 0 Å². The summed E-state index contributed by atoms with van der Waals surface area (Å²) in [5.41, 5.74) is 1.11. The lowest BCUT2D eigenvalue weighted by molar-refractivity contribution is 0.292. The van der Waals surface area contributed by atoms with Crippen LogP contribution in [0.1, 0.15) is 24.4 Å². The van der Waals surface area contributed by atoms with Gasteiger partial charge in [0.05, 0.1) is 18.4 Å². The maximum absolute atomic E-state index is 5.78. The van der Waals surface area contributed by atoms with E-state index in [4.69, 9.17) is 4.74 Å². The third kappa shape index (κ3) is 3.76. The van der Waals surface area contributed by atoms with Crippen LogP contribution in [0.3, 0.4) is 0 Å². The standard InChI is InChI=1S/C18H20N6O/c1-2-4-15(5-3-1)12-25-18-11-19-10-17(22-18)23-8-6-16(7-9-23)24-14-20-13-21-24/h1-5,10-11,13-14,16H,6-9,12H2. The highest BCUT2D eigenvalue weighted by Gasteiger charge is 2.22. The highest BCUT2D eigenvalue weighted by molar-refractivity contribution is 5.38. The summed E-state index contributed by atoms with van der Waals surface area (Å²) in [6.07, 6.45) is 8.86. The van der Waals surface area contributed by atoms with E-state index < -0.39 is 0 Å². The molecule has 1 aliphatic rings. The number of anilines is 1. The maximum Gasteiger partial charge on any atom is 0.234 e. The second-order valence-electron chi connectivity index (χ2n) is 6.08. The SMILES string of the molecule is c1ccc(COc2cncc(N3CCC(n4cncn4)CC3)n2)cc1. The van der Waals surface area contributed by atoms with Gasteiger partial charge in [-0.3, -0.25) is 4.98 Å². The van der Waals surface area contributed by atoms with E-state index in [2.05, 4.69) is 25.0 Å². The minimum absolute atomic E-state index is 0.407. The smallest absolute Gasteiger partial charge is 0.234 e. The third-order valence-electron chi connectivity index (χ3n) is 4.43. The Morgan fingerprint density at radius 1 is 1.04 bits per heavy atom. The minimum Gasteiger partial charge on any atom is -0.472 e. The number of piperidine rings is 1. The van der Waals surface area contributed by atoms with Crippen molar-refractivity contribution in [2.75, 3.05) is 18.0 Å². The first kappa shape index (κ1) is 15.6. The Kier molecular flexibility index (Phi) is 4.54. The van der Waals surface area contributed by atoms with Crippen LogP contribution in [0.4, 0.5) is 5.82 Å². The predicted molar refractivity (Wildman–Crippen MR) is 93.3 cm³/mol. The molecule has 0 bridgehead atoms. The molecule has 1 aliphatic heterocycles. The molecule has 3 aromatic rings. The van der Waals surface area contributed by atoms with E-state index in [0.717, 1.165) is 37.3 Å². The van der Waals surface area contributed by atoms with Crippen LogP contribution in [0.15, 0.2) is 55.4 Å². The van der Waals surface area contributed by atoms with Crippen LogP contribution in [0.2, 0.25) is 0 Å². The van der Waals surface area contributed by atoms with E-state index in [-0.39, 0.29) is 0 Å². The quantitative estimate of drug-likeness (QED) is 0.713. The molecule has 0 radical (unpaired) electrons. The highest BCUT2D eigenvalue weighted by atomic mass is 16.5. The highest BCUT2D eigenvalue weighted by Crippen LogP contribution is 2.25. The van der Waals surface area contributed by atoms with Crippen LogP contribution in [-0.4, -0.2) is 37.8 Å². The largest absolute Gasteiger partial charge is 0.472 e. The van der Waals surface area contributed by atoms with Gasteiger partial charge in [0.2, 0.25) is 5.88 Å². The van der Waals surface area contributed by atoms with E-state index in [1.807, 2.05) is 35.0 Å². The molecule has 1 aromatic carbocycles. The van der Waals surface area contributed by atoms with Crippen molar-refractivity contribution >= 4 is 5.82 Å². The Morgan fingerprint density at radius 3 is 2.64 bits per heavy atom. The number of rotatable bonds is 5. The molecule has 128 valence electrons. The predicted octanol–water partition coefficient (Wildman–Crippen LogP) is 2.49. The summed E-state index contributed by atoms with van der Waals surface area (Å²) in [6, 6.07) is 10.5. The van der Waals surface area contributed by atoms with Gasteiger partial charge in [-0.15, -0.1) is 0 Å². The van der Waals surface area contributed by atoms with Crippen molar-refractivity contribution in [1.82, 2.24) is 24.7 Å². The molecule has 0 atom stereocenters. The maximum atomic E-state index is 5.78. The molecule has 7 heteroatoms. The molecular formula is C18H20N6O. The minimum atomic E-state index is 0.407. The first-order chi connectivity index (χ1) is 12.4. The van der Waals surface area contributed by atoms with E-state index in [9.17, 15) is 0 Å². The summed E-state index contributed by atoms with van der Waals surface area (Å²) in [7, 11) is 0. The average Bonchev–Trinajstić information content (AvgIpc) is 3.22. The van der Waals surface area contributed by atoms with Gasteiger partial charge >= 0.3 is 0 Å². The Labute approximate surface area is 146 Å². The molecule has 2 aromatic heterocycles. The van der Waals surface area contributed by atoms with Gasteiger partial charge in [-0.05, 0) is 18.4 Å². The zero-order valence-electron chi connectivity index (χ0n) is 13.9. The fourth-order valence-corrected chi connectivity index (χ4v) is 3.06. The summed E-state index contributed by atoms with van der Waals surface area (Å²) in [4.78, 5) is 15.2. The molecule has 4 rings (SSSR count). The monoisotopic (exact) mass is 336 g/mol. The van der Waals surface area contributed by atoms with E-state index in [1.54, 1.807) is 25.0 Å². The number of nitrogens with zero attached hydrogens (tertiary/aromatic N) is 6. The van der Waals surface area contributed by atoms with Gasteiger partial charge in [-0.25, -0.2) is 9.67 Å². The number of ether oxygens (including phenoxy) is 1. The Balaban J connectivity index is 1.37. The molecule has 0 spiro atoms. The van der Waals surface area contributed by atoms with Gasteiger partial charge < -0.3 is 9.64 Å². The van der Waals surface area contributed by atoms with Crippen molar-refractivity contribution in [1.29, 1.82) is 0 Å². The third-order valence-corrected chi connectivity index (χ3v) is 4.43. The van der Waals surface area contributed by atoms with Crippen molar-refractivity contribution < 1.29 is 4.74 Å². The van der Waals surface area contributed by atoms with E-state index in [1.165, 1.54) is 0 Å². The first-order valence-electron chi connectivity index (χ1n) is 8.46. The van der Waals surface area contributed by atoms with Crippen LogP contribution >= 0.6 is 0 Å². The molecule has 25 heavy (non-hydrogen) atoms. The molecule has 0 N–H and O–H groups in total. The van der Waals surface area contributed by atoms with Crippen molar-refractivity contribution in [3.8, 4) is 5.88 Å². The van der Waals surface area contributed by atoms with Gasteiger partial charge in [0.1, 0.15) is 19.3 Å². The van der Waals surface area contributed by atoms with Crippen molar-refractivity contribution in [3.63, 3.8) is 0 Å². The van der Waals surface area contributed by atoms with Crippen LogP contribution < -0.4 is 9.64 Å². The second kappa shape index (κ2) is 7.29. The molecule has 0 saturated carbocycles. The fraction of sp³-hybridized carbons (Fsp3) is 0.333. The molecule has 1 saturated heterocycles. The van der Waals surface area contributed by atoms with Crippen LogP contribution in [0, 0.1) is 0 Å². The van der Waals surface area contributed by atoms with Gasteiger partial charge in [0, 0.05) is 13.1 Å². The zero-order chi connectivity index (χ0) is 16.9. The van der Waals surface area contributed by atoms with Crippen molar-refractivity contribution in [2.24, 2.45) is 0 Å². The van der Waals surface area contributed by atoms with Crippen LogP contribution in [0.5, 0.6) is 5.88 Å². The van der Waals surface area contributed by atoms with Crippen molar-refractivity contribution in [2.45, 2.75) is 25.5 Å². The number of benzene rings is 1. The summed E-state index contributed by atoms with van der Waals surface area (Å²) in [5.74, 6) is 1.42. The first-order valence-corrected chi connectivity index (χ1v) is 8.46. The summed E-state index contributed by atoms with van der Waals surface area (Å²) < 4.78 is 7.73. The summed E-state index contributed by atoms with van der Waals surface area (Å²) in [6.45, 7) is 2.33. The lowest BCUT2D eigenvalue weighted by atomic mass is 10.1. The fourth-order valence-electron chi connectivity index (χ4n) is 3.06. The van der Waals surface area contributed by atoms with Gasteiger partial charge in [0.15, 0.2) is 5.82 Å². The molecule has 3 heterocycles. The van der Waals surface area contributed by atoms with Crippen LogP contribution in [-0.2, 0) is 6.61 Å². The van der Waals surface area contributed by atoms with E-state index in [0.29, 0.717) is 18.5 Å². The van der Waals surface area contributed by atoms with Gasteiger partial charge in [-0.2, -0.15) is 10.1 Å². The lowest BCUT2D eigenvalue weighted by Crippen LogP contribution is -2.35. The Bertz CT molecular complexity index is 784. The number of hydrogen-bond acceptors (Lipinski definition) is 6. The van der Waals surface area contributed by atoms with Crippen LogP contribution in [0.25, 0.3) is 0 Å². The molecule has 0 unspecified atom stereocenters. The number of hydrogen-bond donors (Lipinski definition) is 0.